The van der Waals surface area contributed by atoms with Crippen molar-refractivity contribution in [3.05, 3.63) is 59.1 Å². The van der Waals surface area contributed by atoms with Crippen LogP contribution in [0.25, 0.3) is 10.2 Å². The first-order chi connectivity index (χ1) is 13.0. The molecule has 3 rings (SSSR count). The van der Waals surface area contributed by atoms with E-state index in [1.165, 1.54) is 18.3 Å². The van der Waals surface area contributed by atoms with Crippen molar-refractivity contribution in [2.24, 2.45) is 0 Å². The third-order valence-electron chi connectivity index (χ3n) is 3.78. The van der Waals surface area contributed by atoms with Crippen molar-refractivity contribution in [3.8, 4) is 0 Å². The van der Waals surface area contributed by atoms with E-state index in [1.807, 2.05) is 43.3 Å². The van der Waals surface area contributed by atoms with Gasteiger partial charge in [-0.05, 0) is 38.1 Å². The summed E-state index contributed by atoms with van der Waals surface area (Å²) in [4.78, 5) is 28.4. The lowest BCUT2D eigenvalue weighted by molar-refractivity contribution is -0.157. The Bertz CT molecular complexity index is 904. The quantitative estimate of drug-likeness (QED) is 0.629. The molecule has 0 aliphatic carbocycles. The van der Waals surface area contributed by atoms with Gasteiger partial charge in [-0.15, -0.1) is 11.3 Å². The number of hydrogen-bond acceptors (Lipinski definition) is 6. The molecule has 2 aromatic carbocycles. The molecule has 0 saturated carbocycles. The van der Waals surface area contributed by atoms with Crippen LogP contribution in [-0.4, -0.2) is 29.6 Å². The molecule has 3 aromatic rings. The van der Waals surface area contributed by atoms with Crippen LogP contribution < -0.4 is 5.32 Å². The fourth-order valence-corrected chi connectivity index (χ4v) is 3.27. The molecule has 0 unspecified atom stereocenters. The average molecular weight is 384 g/mol. The molecule has 0 radical (unpaired) electrons. The number of aromatic nitrogens is 1. The number of fused-ring (bicyclic) bond motifs is 1. The van der Waals surface area contributed by atoms with E-state index in [0.717, 1.165) is 20.8 Å². The van der Waals surface area contributed by atoms with Crippen molar-refractivity contribution >= 4 is 39.1 Å². The van der Waals surface area contributed by atoms with E-state index in [4.69, 9.17) is 9.47 Å². The van der Waals surface area contributed by atoms with E-state index in [9.17, 15) is 9.59 Å². The molecule has 0 aliphatic rings. The van der Waals surface area contributed by atoms with Gasteiger partial charge in [0.05, 0.1) is 16.8 Å². The number of rotatable bonds is 7. The zero-order chi connectivity index (χ0) is 19.2. The minimum absolute atomic E-state index is 0.221. The Labute approximate surface area is 161 Å². The maximum absolute atomic E-state index is 12.1. The third kappa shape index (κ3) is 5.35. The average Bonchev–Trinajstić information content (AvgIpc) is 3.06. The van der Waals surface area contributed by atoms with Crippen LogP contribution in [0.1, 0.15) is 17.5 Å². The largest absolute Gasteiger partial charge is 0.451 e. The maximum atomic E-state index is 12.1. The standard InChI is InChI=1S/C20H20N2O4S/c1-13-7-9-15(10-8-13)21-20(24)14(2)26-19(23)12-25-11-18-22-16-5-3-4-6-17(16)27-18/h3-10,14H,11-12H2,1-2H3,(H,21,24)/t14-/m1/s1. The first kappa shape index (κ1) is 19.0. The monoisotopic (exact) mass is 384 g/mol. The van der Waals surface area contributed by atoms with Gasteiger partial charge in [0.2, 0.25) is 0 Å². The Kier molecular flexibility index (Phi) is 6.16. The number of para-hydroxylation sites is 1. The second-order valence-electron chi connectivity index (χ2n) is 6.06. The lowest BCUT2D eigenvalue weighted by Crippen LogP contribution is -2.31. The fourth-order valence-electron chi connectivity index (χ4n) is 2.37. The smallest absolute Gasteiger partial charge is 0.332 e. The summed E-state index contributed by atoms with van der Waals surface area (Å²) in [6, 6.07) is 15.2. The van der Waals surface area contributed by atoms with Gasteiger partial charge >= 0.3 is 5.97 Å². The Morgan fingerprint density at radius 1 is 1.15 bits per heavy atom. The second-order valence-corrected chi connectivity index (χ2v) is 7.17. The van der Waals surface area contributed by atoms with Gasteiger partial charge in [-0.1, -0.05) is 29.8 Å². The molecule has 1 aromatic heterocycles. The number of hydrogen-bond donors (Lipinski definition) is 1. The Hall–Kier alpha value is -2.77. The molecule has 7 heteroatoms. The Morgan fingerprint density at radius 3 is 2.63 bits per heavy atom. The molecule has 1 N–H and O–H groups in total. The van der Waals surface area contributed by atoms with E-state index < -0.39 is 18.0 Å². The number of carbonyl (C=O) groups excluding carboxylic acids is 2. The molecule has 1 heterocycles. The molecule has 27 heavy (non-hydrogen) atoms. The first-order valence-electron chi connectivity index (χ1n) is 8.50. The highest BCUT2D eigenvalue weighted by Crippen LogP contribution is 2.21. The number of amides is 1. The number of nitrogens with one attached hydrogen (secondary N) is 1. The summed E-state index contributed by atoms with van der Waals surface area (Å²) in [6.45, 7) is 3.47. The van der Waals surface area contributed by atoms with Crippen molar-refractivity contribution in [1.29, 1.82) is 0 Å². The summed E-state index contributed by atoms with van der Waals surface area (Å²) in [5.74, 6) is -0.985. The number of anilines is 1. The molecule has 0 fully saturated rings. The molecule has 1 amide bonds. The van der Waals surface area contributed by atoms with E-state index in [2.05, 4.69) is 10.3 Å². The van der Waals surface area contributed by atoms with Gasteiger partial charge in [-0.2, -0.15) is 0 Å². The predicted octanol–water partition coefficient (Wildman–Crippen LogP) is 3.69. The number of nitrogens with zero attached hydrogens (tertiary/aromatic N) is 1. The van der Waals surface area contributed by atoms with Crippen LogP contribution >= 0.6 is 11.3 Å². The van der Waals surface area contributed by atoms with Gasteiger partial charge in [0.1, 0.15) is 11.6 Å². The lowest BCUT2D eigenvalue weighted by Gasteiger charge is -2.13. The topological polar surface area (TPSA) is 77.5 Å². The summed E-state index contributed by atoms with van der Waals surface area (Å²) >= 11 is 1.52. The van der Waals surface area contributed by atoms with Crippen molar-refractivity contribution in [3.63, 3.8) is 0 Å². The predicted molar refractivity (Wildman–Crippen MR) is 105 cm³/mol. The van der Waals surface area contributed by atoms with Gasteiger partial charge in [0.15, 0.2) is 6.10 Å². The number of ether oxygens (including phenoxy) is 2. The third-order valence-corrected chi connectivity index (χ3v) is 4.79. The van der Waals surface area contributed by atoms with Gasteiger partial charge < -0.3 is 14.8 Å². The molecular formula is C20H20N2O4S. The van der Waals surface area contributed by atoms with Crippen LogP contribution in [-0.2, 0) is 25.7 Å². The number of aryl methyl sites for hydroxylation is 1. The van der Waals surface area contributed by atoms with Gasteiger partial charge in [0, 0.05) is 5.69 Å². The Balaban J connectivity index is 1.42. The normalized spacial score (nSPS) is 11.9. The van der Waals surface area contributed by atoms with Gasteiger partial charge in [-0.3, -0.25) is 4.79 Å². The molecule has 0 aliphatic heterocycles. The van der Waals surface area contributed by atoms with Crippen LogP contribution in [0.3, 0.4) is 0 Å². The van der Waals surface area contributed by atoms with E-state index in [1.54, 1.807) is 12.1 Å². The molecule has 6 nitrogen and oxygen atoms in total. The zero-order valence-electron chi connectivity index (χ0n) is 15.1. The van der Waals surface area contributed by atoms with Crippen LogP contribution in [0.4, 0.5) is 5.69 Å². The van der Waals surface area contributed by atoms with Crippen LogP contribution in [0.5, 0.6) is 0 Å². The van der Waals surface area contributed by atoms with Crippen molar-refractivity contribution in [2.75, 3.05) is 11.9 Å². The highest BCUT2D eigenvalue weighted by molar-refractivity contribution is 7.18. The summed E-state index contributed by atoms with van der Waals surface area (Å²) < 4.78 is 11.5. The highest BCUT2D eigenvalue weighted by atomic mass is 32.1. The molecule has 140 valence electrons. The Morgan fingerprint density at radius 2 is 1.89 bits per heavy atom. The summed E-state index contributed by atoms with van der Waals surface area (Å²) in [7, 11) is 0. The number of thiazole rings is 1. The minimum Gasteiger partial charge on any atom is -0.451 e. The van der Waals surface area contributed by atoms with Crippen LogP contribution in [0.2, 0.25) is 0 Å². The zero-order valence-corrected chi connectivity index (χ0v) is 15.9. The minimum atomic E-state index is -0.912. The SMILES string of the molecule is Cc1ccc(NC(=O)[C@@H](C)OC(=O)COCc2nc3ccccc3s2)cc1. The second kappa shape index (κ2) is 8.75. The van der Waals surface area contributed by atoms with Gasteiger partial charge in [0.25, 0.3) is 5.91 Å². The summed E-state index contributed by atoms with van der Waals surface area (Å²) in [5.41, 5.74) is 2.66. The number of carbonyl (C=O) groups is 2. The summed E-state index contributed by atoms with van der Waals surface area (Å²) in [5, 5.41) is 3.49. The first-order valence-corrected chi connectivity index (χ1v) is 9.32. The van der Waals surface area contributed by atoms with Crippen molar-refractivity contribution < 1.29 is 19.1 Å². The number of esters is 1. The van der Waals surface area contributed by atoms with Crippen LogP contribution in [0, 0.1) is 6.92 Å². The lowest BCUT2D eigenvalue weighted by atomic mass is 10.2. The fraction of sp³-hybridized carbons (Fsp3) is 0.250. The molecular weight excluding hydrogens is 364 g/mol. The summed E-state index contributed by atoms with van der Waals surface area (Å²) in [6.07, 6.45) is -0.912. The van der Waals surface area contributed by atoms with Crippen LogP contribution in [0.15, 0.2) is 48.5 Å². The molecule has 0 bridgehead atoms. The highest BCUT2D eigenvalue weighted by Gasteiger charge is 2.18. The number of benzene rings is 2. The van der Waals surface area contributed by atoms with Gasteiger partial charge in [-0.25, -0.2) is 9.78 Å². The van der Waals surface area contributed by atoms with E-state index in [0.29, 0.717) is 5.69 Å². The molecule has 0 spiro atoms. The van der Waals surface area contributed by atoms with Crippen molar-refractivity contribution in [1.82, 2.24) is 4.98 Å². The van der Waals surface area contributed by atoms with E-state index in [-0.39, 0.29) is 13.2 Å². The van der Waals surface area contributed by atoms with Crippen molar-refractivity contribution in [2.45, 2.75) is 26.6 Å². The molecule has 1 atom stereocenters. The van der Waals surface area contributed by atoms with E-state index >= 15 is 0 Å². The molecule has 0 saturated heterocycles. The maximum Gasteiger partial charge on any atom is 0.332 e.